The van der Waals surface area contributed by atoms with Crippen LogP contribution in [-0.4, -0.2) is 6.04 Å². The van der Waals surface area contributed by atoms with Crippen molar-refractivity contribution in [3.63, 3.8) is 0 Å². The van der Waals surface area contributed by atoms with E-state index in [0.717, 1.165) is 0 Å². The molecule has 1 saturated carbocycles. The van der Waals surface area contributed by atoms with Gasteiger partial charge in [0.1, 0.15) is 0 Å². The van der Waals surface area contributed by atoms with E-state index in [9.17, 15) is 0 Å². The highest BCUT2D eigenvalue weighted by molar-refractivity contribution is 5.38. The Morgan fingerprint density at radius 3 is 2.35 bits per heavy atom. The Kier molecular flexibility index (Phi) is 4.59. The summed E-state index contributed by atoms with van der Waals surface area (Å²) in [6, 6.07) is 5.79. The molecule has 1 heteroatoms. The Morgan fingerprint density at radius 1 is 1.05 bits per heavy atom. The fourth-order valence-electron chi connectivity index (χ4n) is 3.64. The van der Waals surface area contributed by atoms with Gasteiger partial charge in [0.15, 0.2) is 0 Å². The molecule has 2 unspecified atom stereocenters. The normalized spacial score (nSPS) is 23.6. The van der Waals surface area contributed by atoms with Gasteiger partial charge < -0.3 is 5.32 Å². The molecule has 0 radical (unpaired) electrons. The maximum atomic E-state index is 3.91. The molecule has 2 rings (SSSR count). The fraction of sp³-hybridized carbons (Fsp3) is 0.684. The smallest absolute Gasteiger partial charge is 0.0297 e. The van der Waals surface area contributed by atoms with E-state index in [1.165, 1.54) is 47.9 Å². The first-order valence-electron chi connectivity index (χ1n) is 8.15. The Hall–Kier alpha value is -0.820. The highest BCUT2D eigenvalue weighted by Gasteiger charge is 2.33. The van der Waals surface area contributed by atoms with Crippen molar-refractivity contribution in [2.24, 2.45) is 5.41 Å². The van der Waals surface area contributed by atoms with Crippen molar-refractivity contribution in [3.8, 4) is 0 Å². The molecule has 0 saturated heterocycles. The average molecular weight is 273 g/mol. The van der Waals surface area contributed by atoms with Gasteiger partial charge in [-0.25, -0.2) is 0 Å². The topological polar surface area (TPSA) is 12.0 Å². The first-order chi connectivity index (χ1) is 9.31. The molecule has 0 bridgehead atoms. The zero-order valence-electron chi connectivity index (χ0n) is 14.1. The van der Waals surface area contributed by atoms with Crippen molar-refractivity contribution >= 4 is 0 Å². The van der Waals surface area contributed by atoms with Crippen molar-refractivity contribution in [2.45, 2.75) is 79.3 Å². The molecule has 0 aromatic heterocycles. The Labute approximate surface area is 125 Å². The predicted octanol–water partition coefficient (Wildman–Crippen LogP) is 5.23. The van der Waals surface area contributed by atoms with Crippen LogP contribution in [0.3, 0.4) is 0 Å². The zero-order chi connectivity index (χ0) is 14.9. The highest BCUT2D eigenvalue weighted by Crippen LogP contribution is 2.37. The van der Waals surface area contributed by atoms with Crippen LogP contribution in [0.25, 0.3) is 0 Å². The lowest BCUT2D eigenvalue weighted by atomic mass is 9.73. The van der Waals surface area contributed by atoms with E-state index in [4.69, 9.17) is 0 Å². The predicted molar refractivity (Wildman–Crippen MR) is 88.2 cm³/mol. The summed E-state index contributed by atoms with van der Waals surface area (Å²) in [5.41, 5.74) is 6.12. The van der Waals surface area contributed by atoms with Crippen molar-refractivity contribution in [1.82, 2.24) is 5.32 Å². The summed E-state index contributed by atoms with van der Waals surface area (Å²) in [7, 11) is 0. The Balaban J connectivity index is 2.15. The fourth-order valence-corrected chi connectivity index (χ4v) is 3.64. The van der Waals surface area contributed by atoms with Crippen LogP contribution >= 0.6 is 0 Å². The first-order valence-corrected chi connectivity index (χ1v) is 8.15. The van der Waals surface area contributed by atoms with Crippen LogP contribution < -0.4 is 5.32 Å². The van der Waals surface area contributed by atoms with Crippen LogP contribution in [0, 0.1) is 26.2 Å². The second-order valence-electron chi connectivity index (χ2n) is 7.47. The van der Waals surface area contributed by atoms with Crippen LogP contribution in [0.4, 0.5) is 0 Å². The summed E-state index contributed by atoms with van der Waals surface area (Å²) in [6.07, 6.45) is 5.44. The minimum absolute atomic E-state index is 0.431. The lowest BCUT2D eigenvalue weighted by molar-refractivity contribution is 0.157. The van der Waals surface area contributed by atoms with Gasteiger partial charge in [-0.1, -0.05) is 38.8 Å². The lowest BCUT2D eigenvalue weighted by Gasteiger charge is -2.41. The SMILES string of the molecule is Cc1cc(C)c(C(C)NC2CCCCC2(C)C)cc1C. The van der Waals surface area contributed by atoms with Crippen LogP contribution in [0.5, 0.6) is 0 Å². The maximum absolute atomic E-state index is 3.91. The van der Waals surface area contributed by atoms with E-state index in [1.807, 2.05) is 0 Å². The summed E-state index contributed by atoms with van der Waals surface area (Å²) in [4.78, 5) is 0. The molecule has 0 amide bonds. The first kappa shape index (κ1) is 15.6. The highest BCUT2D eigenvalue weighted by atomic mass is 15.0. The van der Waals surface area contributed by atoms with Crippen molar-refractivity contribution in [3.05, 3.63) is 34.4 Å². The minimum Gasteiger partial charge on any atom is -0.307 e. The van der Waals surface area contributed by atoms with Crippen LogP contribution in [0.15, 0.2) is 12.1 Å². The second kappa shape index (κ2) is 5.89. The summed E-state index contributed by atoms with van der Waals surface area (Å²) >= 11 is 0. The molecular weight excluding hydrogens is 242 g/mol. The summed E-state index contributed by atoms with van der Waals surface area (Å²) < 4.78 is 0. The van der Waals surface area contributed by atoms with Crippen molar-refractivity contribution < 1.29 is 0 Å². The van der Waals surface area contributed by atoms with Gasteiger partial charge in [-0.2, -0.15) is 0 Å². The number of rotatable bonds is 3. The number of benzene rings is 1. The third-order valence-electron chi connectivity index (χ3n) is 5.31. The molecule has 1 aromatic carbocycles. The van der Waals surface area contributed by atoms with Gasteiger partial charge in [-0.15, -0.1) is 0 Å². The van der Waals surface area contributed by atoms with Gasteiger partial charge >= 0.3 is 0 Å². The maximum Gasteiger partial charge on any atom is 0.0297 e. The van der Waals surface area contributed by atoms with Gasteiger partial charge in [-0.3, -0.25) is 0 Å². The van der Waals surface area contributed by atoms with Gasteiger partial charge in [0.2, 0.25) is 0 Å². The number of aryl methyl sites for hydroxylation is 3. The molecule has 1 aliphatic carbocycles. The summed E-state index contributed by atoms with van der Waals surface area (Å²) in [5.74, 6) is 0. The van der Waals surface area contributed by atoms with Gasteiger partial charge in [-0.05, 0) is 68.2 Å². The molecular formula is C19H31N. The molecule has 1 aliphatic rings. The Bertz CT molecular complexity index is 473. The zero-order valence-corrected chi connectivity index (χ0v) is 14.1. The van der Waals surface area contributed by atoms with Gasteiger partial charge in [0.05, 0.1) is 0 Å². The molecule has 0 spiro atoms. The molecule has 2 atom stereocenters. The van der Waals surface area contributed by atoms with Crippen LogP contribution in [0.2, 0.25) is 0 Å². The van der Waals surface area contributed by atoms with Crippen LogP contribution in [-0.2, 0) is 0 Å². The Morgan fingerprint density at radius 2 is 1.70 bits per heavy atom. The lowest BCUT2D eigenvalue weighted by Crippen LogP contribution is -2.45. The van der Waals surface area contributed by atoms with E-state index in [1.54, 1.807) is 0 Å². The molecule has 0 heterocycles. The molecule has 1 N–H and O–H groups in total. The molecule has 1 nitrogen and oxygen atoms in total. The van der Waals surface area contributed by atoms with Crippen LogP contribution in [0.1, 0.15) is 74.8 Å². The average Bonchev–Trinajstić information content (AvgIpc) is 2.36. The largest absolute Gasteiger partial charge is 0.307 e. The van der Waals surface area contributed by atoms with E-state index < -0.39 is 0 Å². The van der Waals surface area contributed by atoms with Gasteiger partial charge in [0.25, 0.3) is 0 Å². The molecule has 0 aliphatic heterocycles. The van der Waals surface area contributed by atoms with E-state index >= 15 is 0 Å². The third kappa shape index (κ3) is 3.25. The third-order valence-corrected chi connectivity index (χ3v) is 5.31. The number of hydrogen-bond acceptors (Lipinski definition) is 1. The van der Waals surface area contributed by atoms with E-state index in [-0.39, 0.29) is 0 Å². The monoisotopic (exact) mass is 273 g/mol. The van der Waals surface area contributed by atoms with E-state index in [0.29, 0.717) is 17.5 Å². The number of nitrogens with one attached hydrogen (secondary N) is 1. The second-order valence-corrected chi connectivity index (χ2v) is 7.47. The molecule has 20 heavy (non-hydrogen) atoms. The molecule has 1 aromatic rings. The van der Waals surface area contributed by atoms with E-state index in [2.05, 4.69) is 59.0 Å². The standard InChI is InChI=1S/C19H31N/c1-13-11-15(3)17(12-14(13)2)16(4)20-18-9-7-8-10-19(18,5)6/h11-12,16,18,20H,7-10H2,1-6H3. The van der Waals surface area contributed by atoms with Crippen molar-refractivity contribution in [1.29, 1.82) is 0 Å². The summed E-state index contributed by atoms with van der Waals surface area (Å²) in [6.45, 7) is 13.8. The summed E-state index contributed by atoms with van der Waals surface area (Å²) in [5, 5.41) is 3.91. The number of hydrogen-bond donors (Lipinski definition) is 1. The minimum atomic E-state index is 0.431. The van der Waals surface area contributed by atoms with Crippen molar-refractivity contribution in [2.75, 3.05) is 0 Å². The quantitative estimate of drug-likeness (QED) is 0.795. The molecule has 1 fully saturated rings. The van der Waals surface area contributed by atoms with Gasteiger partial charge in [0, 0.05) is 12.1 Å². The molecule has 112 valence electrons.